The molecule has 2 aromatic carbocycles. The molecule has 114 valence electrons. The number of alkyl carbamates (subject to hydrolysis) is 1. The Morgan fingerprint density at radius 1 is 1.18 bits per heavy atom. The van der Waals surface area contributed by atoms with E-state index >= 15 is 0 Å². The molecule has 3 nitrogen and oxygen atoms in total. The molecule has 2 aromatic rings. The van der Waals surface area contributed by atoms with E-state index in [9.17, 15) is 4.79 Å². The molecule has 1 aliphatic carbocycles. The molecule has 1 N–H and O–H groups in total. The number of benzene rings is 2. The molecule has 0 spiro atoms. The zero-order chi connectivity index (χ0) is 15.4. The number of hydrogen-bond acceptors (Lipinski definition) is 2. The van der Waals surface area contributed by atoms with Gasteiger partial charge in [-0.2, -0.15) is 0 Å². The quantitative estimate of drug-likeness (QED) is 0.890. The lowest BCUT2D eigenvalue weighted by atomic mass is 9.88. The molecule has 1 aliphatic rings. The second kappa shape index (κ2) is 6.97. The van der Waals surface area contributed by atoms with Gasteiger partial charge in [0.1, 0.15) is 6.61 Å². The zero-order valence-electron chi connectivity index (χ0n) is 12.2. The second-order valence-corrected chi connectivity index (χ2v) is 6.47. The number of fused-ring (bicyclic) bond motifs is 1. The van der Waals surface area contributed by atoms with E-state index in [1.165, 1.54) is 11.1 Å². The molecule has 0 bridgehead atoms. The molecule has 4 heteroatoms. The lowest BCUT2D eigenvalue weighted by Gasteiger charge is -2.25. The van der Waals surface area contributed by atoms with Gasteiger partial charge in [0.25, 0.3) is 0 Å². The minimum Gasteiger partial charge on any atom is -0.445 e. The van der Waals surface area contributed by atoms with E-state index in [1.54, 1.807) is 0 Å². The van der Waals surface area contributed by atoms with Gasteiger partial charge in [0.05, 0.1) is 0 Å². The number of halogens is 1. The lowest BCUT2D eigenvalue weighted by molar-refractivity contribution is 0.134. The van der Waals surface area contributed by atoms with E-state index in [1.807, 2.05) is 30.3 Å². The fourth-order valence-corrected chi connectivity index (χ4v) is 3.19. The normalized spacial score (nSPS) is 16.7. The molecular weight excluding hydrogens is 342 g/mol. The summed E-state index contributed by atoms with van der Waals surface area (Å²) in [5, 5.41) is 2.97. The minimum absolute atomic E-state index is 0.150. The maximum atomic E-state index is 11.9. The molecule has 0 aliphatic heterocycles. The Balaban J connectivity index is 1.51. The molecule has 0 unspecified atom stereocenters. The van der Waals surface area contributed by atoms with Crippen LogP contribution in [0.25, 0.3) is 0 Å². The Morgan fingerprint density at radius 2 is 2.00 bits per heavy atom. The summed E-state index contributed by atoms with van der Waals surface area (Å²) < 4.78 is 6.39. The first kappa shape index (κ1) is 15.1. The average Bonchev–Trinajstić information content (AvgIpc) is 2.54. The van der Waals surface area contributed by atoms with E-state index < -0.39 is 0 Å². The summed E-state index contributed by atoms with van der Waals surface area (Å²) in [6.07, 6.45) is 2.46. The number of carbonyl (C=O) groups excluding carboxylic acids is 1. The average molecular weight is 360 g/mol. The number of amides is 1. The molecule has 22 heavy (non-hydrogen) atoms. The maximum absolute atomic E-state index is 11.9. The Labute approximate surface area is 138 Å². The van der Waals surface area contributed by atoms with Crippen molar-refractivity contribution in [1.29, 1.82) is 0 Å². The monoisotopic (exact) mass is 359 g/mol. The van der Waals surface area contributed by atoms with Gasteiger partial charge in [-0.15, -0.1) is 0 Å². The summed E-state index contributed by atoms with van der Waals surface area (Å²) >= 11 is 3.50. The van der Waals surface area contributed by atoms with Crippen molar-refractivity contribution in [3.05, 3.63) is 69.7 Å². The molecular formula is C18H18BrNO2. The van der Waals surface area contributed by atoms with Crippen LogP contribution >= 0.6 is 15.9 Å². The third-order valence-corrected chi connectivity index (χ3v) is 4.42. The molecule has 0 heterocycles. The van der Waals surface area contributed by atoms with Crippen molar-refractivity contribution in [2.75, 3.05) is 0 Å². The predicted molar refractivity (Wildman–Crippen MR) is 89.7 cm³/mol. The summed E-state index contributed by atoms with van der Waals surface area (Å²) in [5.41, 5.74) is 3.67. The van der Waals surface area contributed by atoms with Gasteiger partial charge in [-0.25, -0.2) is 4.79 Å². The third kappa shape index (κ3) is 3.89. The Morgan fingerprint density at radius 3 is 2.82 bits per heavy atom. The van der Waals surface area contributed by atoms with Gasteiger partial charge in [0, 0.05) is 10.5 Å². The highest BCUT2D eigenvalue weighted by Crippen LogP contribution is 2.24. The van der Waals surface area contributed by atoms with Crippen molar-refractivity contribution in [2.24, 2.45) is 0 Å². The Kier molecular flexibility index (Phi) is 4.78. The Hall–Kier alpha value is -1.81. The predicted octanol–water partition coefficient (Wildman–Crippen LogP) is 4.23. The number of nitrogens with one attached hydrogen (secondary N) is 1. The fraction of sp³-hybridized carbons (Fsp3) is 0.278. The molecule has 0 saturated heterocycles. The second-order valence-electron chi connectivity index (χ2n) is 5.56. The van der Waals surface area contributed by atoms with Gasteiger partial charge >= 0.3 is 6.09 Å². The first-order valence-corrected chi connectivity index (χ1v) is 8.24. The van der Waals surface area contributed by atoms with E-state index in [4.69, 9.17) is 4.74 Å². The van der Waals surface area contributed by atoms with Crippen molar-refractivity contribution >= 4 is 22.0 Å². The van der Waals surface area contributed by atoms with Gasteiger partial charge in [-0.05, 0) is 48.1 Å². The van der Waals surface area contributed by atoms with Crippen LogP contribution in [-0.2, 0) is 24.2 Å². The van der Waals surface area contributed by atoms with Crippen LogP contribution in [-0.4, -0.2) is 12.1 Å². The van der Waals surface area contributed by atoms with Crippen LogP contribution in [0.3, 0.4) is 0 Å². The number of aryl methyl sites for hydroxylation is 1. The highest BCUT2D eigenvalue weighted by Gasteiger charge is 2.20. The van der Waals surface area contributed by atoms with Gasteiger partial charge in [0.2, 0.25) is 0 Å². The van der Waals surface area contributed by atoms with Crippen molar-refractivity contribution in [2.45, 2.75) is 31.9 Å². The standard InChI is InChI=1S/C18H18BrNO2/c19-16-8-6-15-11-17(9-7-14(15)10-16)20-18(21)22-12-13-4-2-1-3-5-13/h1-6,8,10,17H,7,9,11-12H2,(H,20,21)/t17-/m1/s1. The summed E-state index contributed by atoms with van der Waals surface area (Å²) in [6, 6.07) is 16.2. The number of ether oxygens (including phenoxy) is 1. The van der Waals surface area contributed by atoms with Crippen LogP contribution in [0, 0.1) is 0 Å². The molecule has 0 saturated carbocycles. The van der Waals surface area contributed by atoms with Crippen molar-refractivity contribution in [1.82, 2.24) is 5.32 Å². The fourth-order valence-electron chi connectivity index (χ4n) is 2.78. The van der Waals surface area contributed by atoms with Gasteiger partial charge in [-0.1, -0.05) is 52.3 Å². The smallest absolute Gasteiger partial charge is 0.407 e. The van der Waals surface area contributed by atoms with Crippen molar-refractivity contribution < 1.29 is 9.53 Å². The van der Waals surface area contributed by atoms with Gasteiger partial charge < -0.3 is 10.1 Å². The van der Waals surface area contributed by atoms with E-state index in [0.717, 1.165) is 29.3 Å². The van der Waals surface area contributed by atoms with Crippen LogP contribution in [0.5, 0.6) is 0 Å². The van der Waals surface area contributed by atoms with E-state index in [2.05, 4.69) is 39.4 Å². The largest absolute Gasteiger partial charge is 0.445 e. The molecule has 0 aromatic heterocycles. The summed E-state index contributed by atoms with van der Waals surface area (Å²) in [7, 11) is 0. The first-order chi connectivity index (χ1) is 10.7. The summed E-state index contributed by atoms with van der Waals surface area (Å²) in [5.74, 6) is 0. The lowest BCUT2D eigenvalue weighted by Crippen LogP contribution is -2.39. The third-order valence-electron chi connectivity index (χ3n) is 3.93. The highest BCUT2D eigenvalue weighted by molar-refractivity contribution is 9.10. The highest BCUT2D eigenvalue weighted by atomic mass is 79.9. The van der Waals surface area contributed by atoms with E-state index in [-0.39, 0.29) is 12.1 Å². The molecule has 1 amide bonds. The SMILES string of the molecule is O=C(N[C@@H]1CCc2cc(Br)ccc2C1)OCc1ccccc1. The maximum Gasteiger partial charge on any atom is 0.407 e. The molecule has 0 fully saturated rings. The Bertz CT molecular complexity index is 657. The van der Waals surface area contributed by atoms with Gasteiger partial charge in [-0.3, -0.25) is 0 Å². The summed E-state index contributed by atoms with van der Waals surface area (Å²) in [6.45, 7) is 0.308. The number of rotatable bonds is 3. The van der Waals surface area contributed by atoms with E-state index in [0.29, 0.717) is 6.61 Å². The minimum atomic E-state index is -0.339. The van der Waals surface area contributed by atoms with Crippen LogP contribution < -0.4 is 5.32 Å². The first-order valence-electron chi connectivity index (χ1n) is 7.45. The van der Waals surface area contributed by atoms with Crippen LogP contribution in [0.2, 0.25) is 0 Å². The number of hydrogen-bond donors (Lipinski definition) is 1. The van der Waals surface area contributed by atoms with Crippen LogP contribution in [0.15, 0.2) is 53.0 Å². The number of carbonyl (C=O) groups is 1. The molecule has 1 atom stereocenters. The van der Waals surface area contributed by atoms with Crippen LogP contribution in [0.4, 0.5) is 4.79 Å². The molecule has 3 rings (SSSR count). The van der Waals surface area contributed by atoms with Crippen LogP contribution in [0.1, 0.15) is 23.1 Å². The van der Waals surface area contributed by atoms with Crippen molar-refractivity contribution in [3.8, 4) is 0 Å². The van der Waals surface area contributed by atoms with Gasteiger partial charge in [0.15, 0.2) is 0 Å². The van der Waals surface area contributed by atoms with Crippen molar-refractivity contribution in [3.63, 3.8) is 0 Å². The molecule has 0 radical (unpaired) electrons. The zero-order valence-corrected chi connectivity index (χ0v) is 13.8. The topological polar surface area (TPSA) is 38.3 Å². The summed E-state index contributed by atoms with van der Waals surface area (Å²) in [4.78, 5) is 11.9.